The lowest BCUT2D eigenvalue weighted by molar-refractivity contribution is 0.468. The number of sulfone groups is 1. The predicted molar refractivity (Wildman–Crippen MR) is 50.6 cm³/mol. The molecule has 0 aliphatic carbocycles. The van der Waals surface area contributed by atoms with E-state index in [1.54, 1.807) is 0 Å². The van der Waals surface area contributed by atoms with Crippen molar-refractivity contribution in [2.24, 2.45) is 0 Å². The molecule has 1 N–H and O–H groups in total. The van der Waals surface area contributed by atoms with E-state index < -0.39 is 9.84 Å². The first-order valence-electron chi connectivity index (χ1n) is 3.97. The molecule has 0 saturated carbocycles. The molecular formula is C9H12O3S. The van der Waals surface area contributed by atoms with Crippen molar-refractivity contribution in [3.05, 3.63) is 23.8 Å². The highest BCUT2D eigenvalue weighted by molar-refractivity contribution is 7.90. The second kappa shape index (κ2) is 3.38. The molecule has 1 aromatic carbocycles. The van der Waals surface area contributed by atoms with Crippen molar-refractivity contribution in [1.82, 2.24) is 0 Å². The molecule has 4 heteroatoms. The summed E-state index contributed by atoms with van der Waals surface area (Å²) in [7, 11) is -3.16. The summed E-state index contributed by atoms with van der Waals surface area (Å²) < 4.78 is 22.3. The third-order valence-electron chi connectivity index (χ3n) is 1.86. The molecule has 72 valence electrons. The Kier molecular flexibility index (Phi) is 2.61. The number of phenols is 1. The lowest BCUT2D eigenvalue weighted by Gasteiger charge is -2.03. The highest BCUT2D eigenvalue weighted by Crippen LogP contribution is 2.21. The maximum Gasteiger partial charge on any atom is 0.175 e. The first kappa shape index (κ1) is 10.1. The molecule has 0 spiro atoms. The van der Waals surface area contributed by atoms with Gasteiger partial charge in [-0.25, -0.2) is 8.42 Å². The summed E-state index contributed by atoms with van der Waals surface area (Å²) in [5.41, 5.74) is 0.655. The summed E-state index contributed by atoms with van der Waals surface area (Å²) in [6, 6.07) is 4.32. The molecule has 1 rings (SSSR count). The minimum Gasteiger partial charge on any atom is -0.508 e. The maximum absolute atomic E-state index is 11.1. The quantitative estimate of drug-likeness (QED) is 0.784. The van der Waals surface area contributed by atoms with Crippen molar-refractivity contribution in [3.8, 4) is 5.75 Å². The zero-order chi connectivity index (χ0) is 10.1. The normalized spacial score (nSPS) is 11.5. The number of hydrogen-bond donors (Lipinski definition) is 1. The topological polar surface area (TPSA) is 54.4 Å². The van der Waals surface area contributed by atoms with Gasteiger partial charge >= 0.3 is 0 Å². The smallest absolute Gasteiger partial charge is 0.175 e. The van der Waals surface area contributed by atoms with Gasteiger partial charge in [-0.3, -0.25) is 0 Å². The van der Waals surface area contributed by atoms with E-state index in [-0.39, 0.29) is 10.6 Å². The number of aryl methyl sites for hydroxylation is 1. The summed E-state index contributed by atoms with van der Waals surface area (Å²) in [6.07, 6.45) is 1.77. The van der Waals surface area contributed by atoms with Gasteiger partial charge in [0.15, 0.2) is 9.84 Å². The summed E-state index contributed by atoms with van der Waals surface area (Å²) in [4.78, 5) is 0.252. The first-order chi connectivity index (χ1) is 5.95. The highest BCUT2D eigenvalue weighted by Gasteiger charge is 2.09. The lowest BCUT2D eigenvalue weighted by atomic mass is 10.1. The third kappa shape index (κ3) is 2.21. The fourth-order valence-corrected chi connectivity index (χ4v) is 1.75. The molecule has 0 heterocycles. The Balaban J connectivity index is 3.30. The zero-order valence-electron chi connectivity index (χ0n) is 7.61. The Hall–Kier alpha value is -1.03. The predicted octanol–water partition coefficient (Wildman–Crippen LogP) is 1.36. The van der Waals surface area contributed by atoms with Crippen LogP contribution >= 0.6 is 0 Å². The van der Waals surface area contributed by atoms with Gasteiger partial charge < -0.3 is 5.11 Å². The SMILES string of the molecule is CCc1cc(S(C)(=O)=O)ccc1O. The summed E-state index contributed by atoms with van der Waals surface area (Å²) >= 11 is 0. The van der Waals surface area contributed by atoms with Gasteiger partial charge in [-0.15, -0.1) is 0 Å². The van der Waals surface area contributed by atoms with Gasteiger partial charge in [0, 0.05) is 6.26 Å². The number of phenolic OH excluding ortho intramolecular Hbond substituents is 1. The lowest BCUT2D eigenvalue weighted by Crippen LogP contribution is -1.97. The van der Waals surface area contributed by atoms with Crippen LogP contribution in [0.15, 0.2) is 23.1 Å². The zero-order valence-corrected chi connectivity index (χ0v) is 8.43. The molecule has 0 aliphatic rings. The van der Waals surface area contributed by atoms with Crippen LogP contribution in [0.25, 0.3) is 0 Å². The molecule has 0 aliphatic heterocycles. The van der Waals surface area contributed by atoms with Gasteiger partial charge in [0.05, 0.1) is 4.90 Å². The standard InChI is InChI=1S/C9H12O3S/c1-3-7-6-8(13(2,11)12)4-5-9(7)10/h4-6,10H,3H2,1-2H3. The number of benzene rings is 1. The fourth-order valence-electron chi connectivity index (χ4n) is 1.08. The van der Waals surface area contributed by atoms with Crippen molar-refractivity contribution in [3.63, 3.8) is 0 Å². The summed E-state index contributed by atoms with van der Waals surface area (Å²) in [6.45, 7) is 1.86. The van der Waals surface area contributed by atoms with Crippen molar-refractivity contribution in [1.29, 1.82) is 0 Å². The molecule has 3 nitrogen and oxygen atoms in total. The number of hydrogen-bond acceptors (Lipinski definition) is 3. The fraction of sp³-hybridized carbons (Fsp3) is 0.333. The van der Waals surface area contributed by atoms with E-state index in [1.807, 2.05) is 6.92 Å². The Morgan fingerprint density at radius 3 is 2.46 bits per heavy atom. The molecule has 0 radical (unpaired) electrons. The number of aromatic hydroxyl groups is 1. The maximum atomic E-state index is 11.1. The minimum absolute atomic E-state index is 0.148. The average Bonchev–Trinajstić information content (AvgIpc) is 2.03. The third-order valence-corrected chi connectivity index (χ3v) is 2.97. The van der Waals surface area contributed by atoms with Crippen LogP contribution in [-0.4, -0.2) is 19.8 Å². The van der Waals surface area contributed by atoms with E-state index >= 15 is 0 Å². The molecule has 0 bridgehead atoms. The van der Waals surface area contributed by atoms with E-state index in [9.17, 15) is 13.5 Å². The number of rotatable bonds is 2. The van der Waals surface area contributed by atoms with E-state index in [0.717, 1.165) is 6.26 Å². The van der Waals surface area contributed by atoms with Crippen LogP contribution in [-0.2, 0) is 16.3 Å². The van der Waals surface area contributed by atoms with E-state index in [1.165, 1.54) is 18.2 Å². The van der Waals surface area contributed by atoms with E-state index in [2.05, 4.69) is 0 Å². The van der Waals surface area contributed by atoms with Gasteiger partial charge in [0.1, 0.15) is 5.75 Å². The van der Waals surface area contributed by atoms with Gasteiger partial charge in [0.25, 0.3) is 0 Å². The van der Waals surface area contributed by atoms with Crippen LogP contribution in [0, 0.1) is 0 Å². The van der Waals surface area contributed by atoms with Crippen LogP contribution in [0.2, 0.25) is 0 Å². The highest BCUT2D eigenvalue weighted by atomic mass is 32.2. The van der Waals surface area contributed by atoms with Crippen LogP contribution in [0.1, 0.15) is 12.5 Å². The van der Waals surface area contributed by atoms with Crippen LogP contribution in [0.5, 0.6) is 5.75 Å². The Morgan fingerprint density at radius 1 is 1.38 bits per heavy atom. The van der Waals surface area contributed by atoms with Gasteiger partial charge in [-0.05, 0) is 30.2 Å². The molecule has 0 fully saturated rings. The van der Waals surface area contributed by atoms with Gasteiger partial charge in [-0.1, -0.05) is 6.92 Å². The Bertz CT molecular complexity index is 407. The summed E-state index contributed by atoms with van der Waals surface area (Å²) in [5, 5.41) is 9.31. The Morgan fingerprint density at radius 2 is 2.00 bits per heavy atom. The van der Waals surface area contributed by atoms with Crippen LogP contribution < -0.4 is 0 Å². The minimum atomic E-state index is -3.16. The molecule has 13 heavy (non-hydrogen) atoms. The molecule has 0 amide bonds. The van der Waals surface area contributed by atoms with Crippen molar-refractivity contribution in [2.45, 2.75) is 18.2 Å². The van der Waals surface area contributed by atoms with Crippen molar-refractivity contribution in [2.75, 3.05) is 6.26 Å². The first-order valence-corrected chi connectivity index (χ1v) is 5.86. The van der Waals surface area contributed by atoms with E-state index in [4.69, 9.17) is 0 Å². The average molecular weight is 200 g/mol. The van der Waals surface area contributed by atoms with E-state index in [0.29, 0.717) is 12.0 Å². The van der Waals surface area contributed by atoms with Gasteiger partial charge in [-0.2, -0.15) is 0 Å². The molecule has 0 aromatic heterocycles. The van der Waals surface area contributed by atoms with Crippen molar-refractivity contribution >= 4 is 9.84 Å². The molecule has 1 aromatic rings. The van der Waals surface area contributed by atoms with Crippen LogP contribution in [0.3, 0.4) is 0 Å². The Labute approximate surface area is 77.9 Å². The summed E-state index contributed by atoms with van der Waals surface area (Å²) in [5.74, 6) is 0.148. The molecule has 0 unspecified atom stereocenters. The van der Waals surface area contributed by atoms with Gasteiger partial charge in [0.2, 0.25) is 0 Å². The molecule has 0 atom stereocenters. The van der Waals surface area contributed by atoms with Crippen LogP contribution in [0.4, 0.5) is 0 Å². The second-order valence-corrected chi connectivity index (χ2v) is 4.93. The van der Waals surface area contributed by atoms with Crippen molar-refractivity contribution < 1.29 is 13.5 Å². The molecular weight excluding hydrogens is 188 g/mol. The largest absolute Gasteiger partial charge is 0.508 e. The second-order valence-electron chi connectivity index (χ2n) is 2.92. The molecule has 0 saturated heterocycles. The monoisotopic (exact) mass is 200 g/mol.